The summed E-state index contributed by atoms with van der Waals surface area (Å²) in [6, 6.07) is 8.39. The molecule has 164 valence electrons. The average Bonchev–Trinajstić information content (AvgIpc) is 3.19. The molecule has 6 rings (SSSR count). The van der Waals surface area contributed by atoms with Crippen LogP contribution >= 0.6 is 0 Å². The Morgan fingerprint density at radius 1 is 1.00 bits per heavy atom. The molecule has 2 aliphatic heterocycles. The third kappa shape index (κ3) is 3.59. The molecule has 0 unspecified atom stereocenters. The van der Waals surface area contributed by atoms with E-state index >= 15 is 0 Å². The predicted molar refractivity (Wildman–Crippen MR) is 124 cm³/mol. The molecule has 2 aromatic heterocycles. The molecule has 3 aromatic rings. The Bertz CT molecular complexity index is 1190. The highest BCUT2D eigenvalue weighted by atomic mass is 16.5. The summed E-state index contributed by atoms with van der Waals surface area (Å²) in [5.74, 6) is 1.87. The van der Waals surface area contributed by atoms with Crippen molar-refractivity contribution in [3.8, 4) is 5.75 Å². The van der Waals surface area contributed by atoms with Gasteiger partial charge >= 0.3 is 0 Å². The van der Waals surface area contributed by atoms with Gasteiger partial charge in [-0.2, -0.15) is 5.10 Å². The highest BCUT2D eigenvalue weighted by molar-refractivity contribution is 6.14. The molecular formula is C24H27N7O. The van der Waals surface area contributed by atoms with Gasteiger partial charge in [0.15, 0.2) is 0 Å². The van der Waals surface area contributed by atoms with Crippen LogP contribution in [0.3, 0.4) is 0 Å². The van der Waals surface area contributed by atoms with Crippen LogP contribution in [0.25, 0.3) is 0 Å². The summed E-state index contributed by atoms with van der Waals surface area (Å²) in [6.07, 6.45) is 7.89. The average molecular weight is 430 g/mol. The predicted octanol–water partition coefficient (Wildman–Crippen LogP) is 2.82. The Labute approximate surface area is 187 Å². The molecule has 0 bridgehead atoms. The first-order valence-corrected chi connectivity index (χ1v) is 11.2. The lowest BCUT2D eigenvalue weighted by Crippen LogP contribution is -2.46. The van der Waals surface area contributed by atoms with Crippen molar-refractivity contribution in [1.82, 2.24) is 19.7 Å². The molecule has 0 atom stereocenters. The van der Waals surface area contributed by atoms with Gasteiger partial charge in [-0.15, -0.1) is 0 Å². The van der Waals surface area contributed by atoms with Gasteiger partial charge in [0.2, 0.25) is 0 Å². The van der Waals surface area contributed by atoms with Crippen LogP contribution in [-0.2, 0) is 13.6 Å². The van der Waals surface area contributed by atoms with Gasteiger partial charge in [-0.1, -0.05) is 6.07 Å². The molecule has 1 aliphatic carbocycles. The van der Waals surface area contributed by atoms with Crippen molar-refractivity contribution in [3.63, 3.8) is 0 Å². The second-order valence-electron chi connectivity index (χ2n) is 9.14. The van der Waals surface area contributed by atoms with Crippen molar-refractivity contribution in [2.24, 2.45) is 12.0 Å². The Balaban J connectivity index is 1.20. The Hall–Kier alpha value is -3.42. The van der Waals surface area contributed by atoms with E-state index in [0.717, 1.165) is 67.6 Å². The zero-order valence-corrected chi connectivity index (χ0v) is 18.5. The van der Waals surface area contributed by atoms with Crippen LogP contribution < -0.4 is 14.5 Å². The van der Waals surface area contributed by atoms with E-state index in [0.29, 0.717) is 6.54 Å². The minimum Gasteiger partial charge on any atom is -0.488 e. The molecule has 8 heteroatoms. The summed E-state index contributed by atoms with van der Waals surface area (Å²) < 4.78 is 8.03. The molecule has 0 amide bonds. The number of nitrogens with zero attached hydrogens (tertiary/aromatic N) is 7. The quantitative estimate of drug-likeness (QED) is 0.621. The minimum absolute atomic E-state index is 0.00416. The molecule has 0 radical (unpaired) electrons. The fourth-order valence-electron chi connectivity index (χ4n) is 4.42. The van der Waals surface area contributed by atoms with Crippen molar-refractivity contribution in [3.05, 3.63) is 59.8 Å². The van der Waals surface area contributed by atoms with E-state index in [-0.39, 0.29) is 5.60 Å². The molecule has 1 saturated carbocycles. The van der Waals surface area contributed by atoms with Crippen LogP contribution in [-0.4, -0.2) is 57.2 Å². The number of hydrogen-bond acceptors (Lipinski definition) is 7. The lowest BCUT2D eigenvalue weighted by molar-refractivity contribution is 0.200. The van der Waals surface area contributed by atoms with Crippen LogP contribution in [0, 0.1) is 0 Å². The van der Waals surface area contributed by atoms with Gasteiger partial charge in [0.25, 0.3) is 0 Å². The molecule has 8 nitrogen and oxygen atoms in total. The zero-order chi connectivity index (χ0) is 21.7. The van der Waals surface area contributed by atoms with E-state index in [1.54, 1.807) is 6.33 Å². The normalized spacial score (nSPS) is 19.0. The number of rotatable bonds is 5. The van der Waals surface area contributed by atoms with Gasteiger partial charge in [0.05, 0.1) is 29.8 Å². The number of piperazine rings is 1. The third-order valence-electron chi connectivity index (χ3n) is 6.62. The number of aliphatic imine (C=N–C) groups is 1. The molecule has 1 saturated heterocycles. The smallest absolute Gasteiger partial charge is 0.132 e. The van der Waals surface area contributed by atoms with Gasteiger partial charge in [0.1, 0.15) is 23.5 Å². The number of fused-ring (bicyclic) bond motifs is 1. The summed E-state index contributed by atoms with van der Waals surface area (Å²) in [4.78, 5) is 18.6. The van der Waals surface area contributed by atoms with Gasteiger partial charge in [-0.25, -0.2) is 9.97 Å². The van der Waals surface area contributed by atoms with Gasteiger partial charge in [-0.3, -0.25) is 9.67 Å². The first-order valence-electron chi connectivity index (χ1n) is 11.2. The molecule has 32 heavy (non-hydrogen) atoms. The SMILES string of the molecule is Cn1cc(N2CCN(c3cc(C4=NCc5ccc(OC6(C)CC6)cc54)ncn3)CC2)cn1. The maximum atomic E-state index is 6.18. The second-order valence-corrected chi connectivity index (χ2v) is 9.14. The summed E-state index contributed by atoms with van der Waals surface area (Å²) >= 11 is 0. The van der Waals surface area contributed by atoms with Crippen molar-refractivity contribution < 1.29 is 4.74 Å². The Morgan fingerprint density at radius 2 is 1.81 bits per heavy atom. The maximum Gasteiger partial charge on any atom is 0.132 e. The number of aromatic nitrogens is 4. The molecule has 2 fully saturated rings. The highest BCUT2D eigenvalue weighted by Gasteiger charge is 2.40. The fourth-order valence-corrected chi connectivity index (χ4v) is 4.42. The van der Waals surface area contributed by atoms with E-state index in [9.17, 15) is 0 Å². The fraction of sp³-hybridized carbons (Fsp3) is 0.417. The Kier molecular flexibility index (Phi) is 4.41. The zero-order valence-electron chi connectivity index (χ0n) is 18.5. The van der Waals surface area contributed by atoms with E-state index in [1.165, 1.54) is 11.3 Å². The molecule has 3 aliphatic rings. The molecule has 4 heterocycles. The van der Waals surface area contributed by atoms with Crippen LogP contribution in [0.15, 0.2) is 48.0 Å². The van der Waals surface area contributed by atoms with Crippen molar-refractivity contribution in [2.45, 2.75) is 31.9 Å². The summed E-state index contributed by atoms with van der Waals surface area (Å²) in [5, 5.41) is 4.29. The van der Waals surface area contributed by atoms with Crippen molar-refractivity contribution in [2.75, 3.05) is 36.0 Å². The second kappa shape index (κ2) is 7.32. The lowest BCUT2D eigenvalue weighted by Gasteiger charge is -2.36. The van der Waals surface area contributed by atoms with Crippen molar-refractivity contribution in [1.29, 1.82) is 0 Å². The first-order chi connectivity index (χ1) is 15.6. The molecule has 0 N–H and O–H groups in total. The number of hydrogen-bond donors (Lipinski definition) is 0. The minimum atomic E-state index is 0.00416. The van der Waals surface area contributed by atoms with Gasteiger partial charge in [-0.05, 0) is 37.5 Å². The third-order valence-corrected chi connectivity index (χ3v) is 6.62. The molecule has 1 aromatic carbocycles. The summed E-state index contributed by atoms with van der Waals surface area (Å²) in [6.45, 7) is 6.55. The number of anilines is 2. The molecular weight excluding hydrogens is 402 g/mol. The standard InChI is InChI=1S/C24H27N7O/c1-24(5-6-24)32-19-4-3-17-13-25-23(20(17)11-19)21-12-22(27-16-26-21)31-9-7-30(8-10-31)18-14-28-29(2)15-18/h3-4,11-12,14-16H,5-10,13H2,1-2H3. The molecule has 0 spiro atoms. The van der Waals surface area contributed by atoms with Crippen LogP contribution in [0.2, 0.25) is 0 Å². The van der Waals surface area contributed by atoms with E-state index in [1.807, 2.05) is 17.9 Å². The number of aryl methyl sites for hydroxylation is 1. The van der Waals surface area contributed by atoms with Crippen LogP contribution in [0.4, 0.5) is 11.5 Å². The number of ether oxygens (including phenoxy) is 1. The van der Waals surface area contributed by atoms with Crippen LogP contribution in [0.5, 0.6) is 5.75 Å². The van der Waals surface area contributed by atoms with E-state index < -0.39 is 0 Å². The largest absolute Gasteiger partial charge is 0.488 e. The van der Waals surface area contributed by atoms with Gasteiger partial charge in [0, 0.05) is 51.1 Å². The van der Waals surface area contributed by atoms with Gasteiger partial charge < -0.3 is 14.5 Å². The maximum absolute atomic E-state index is 6.18. The van der Waals surface area contributed by atoms with E-state index in [4.69, 9.17) is 9.73 Å². The summed E-state index contributed by atoms with van der Waals surface area (Å²) in [5.41, 5.74) is 5.33. The summed E-state index contributed by atoms with van der Waals surface area (Å²) in [7, 11) is 1.95. The topological polar surface area (TPSA) is 71.7 Å². The van der Waals surface area contributed by atoms with Crippen molar-refractivity contribution >= 4 is 17.2 Å². The lowest BCUT2D eigenvalue weighted by atomic mass is 10.0. The highest BCUT2D eigenvalue weighted by Crippen LogP contribution is 2.40. The monoisotopic (exact) mass is 429 g/mol. The Morgan fingerprint density at radius 3 is 2.56 bits per heavy atom. The van der Waals surface area contributed by atoms with Crippen LogP contribution in [0.1, 0.15) is 36.6 Å². The first kappa shape index (κ1) is 19.3. The van der Waals surface area contributed by atoms with E-state index in [2.05, 4.69) is 62.3 Å². The number of benzene rings is 1.